The zero-order valence-corrected chi connectivity index (χ0v) is 17.4. The highest BCUT2D eigenvalue weighted by Gasteiger charge is 2.54. The number of nitrogens with two attached hydrogens (primary N) is 1. The van der Waals surface area contributed by atoms with Crippen LogP contribution in [-0.4, -0.2) is 34.8 Å². The molecule has 2 heterocycles. The van der Waals surface area contributed by atoms with E-state index >= 15 is 4.39 Å². The molecule has 1 saturated heterocycles. The van der Waals surface area contributed by atoms with Crippen molar-refractivity contribution in [2.75, 3.05) is 13.1 Å². The highest BCUT2D eigenvalue weighted by atomic mass is 19.1. The number of carbonyl (C=O) groups is 1. The average molecular weight is 413 g/mol. The minimum Gasteiger partial charge on any atom is -0.477 e. The molecule has 4 N–H and O–H groups in total. The van der Waals surface area contributed by atoms with Gasteiger partial charge in [-0.05, 0) is 67.1 Å². The minimum absolute atomic E-state index is 0.0353. The summed E-state index contributed by atoms with van der Waals surface area (Å²) in [6.07, 6.45) is 5.22. The first kappa shape index (κ1) is 19.7. The molecule has 3 unspecified atom stereocenters. The molecule has 0 radical (unpaired) electrons. The number of rotatable bonds is 3. The third-order valence-corrected chi connectivity index (χ3v) is 8.05. The first-order chi connectivity index (χ1) is 14.3. The number of pyridine rings is 1. The molecule has 3 aliphatic rings. The minimum atomic E-state index is -1.27. The molecule has 2 saturated carbocycles. The van der Waals surface area contributed by atoms with Crippen LogP contribution in [0.2, 0.25) is 0 Å². The van der Waals surface area contributed by atoms with Gasteiger partial charge in [0.05, 0.1) is 5.52 Å². The van der Waals surface area contributed by atoms with Crippen LogP contribution in [0.25, 0.3) is 10.9 Å². The molecule has 0 amide bonds. The predicted molar refractivity (Wildman–Crippen MR) is 113 cm³/mol. The molecule has 2 aromatic rings. The van der Waals surface area contributed by atoms with Crippen LogP contribution >= 0.6 is 0 Å². The van der Waals surface area contributed by atoms with Crippen LogP contribution in [0, 0.1) is 24.1 Å². The van der Waals surface area contributed by atoms with E-state index < -0.39 is 17.2 Å². The van der Waals surface area contributed by atoms with Crippen molar-refractivity contribution in [2.24, 2.45) is 17.1 Å². The Morgan fingerprint density at radius 1 is 1.37 bits per heavy atom. The maximum atomic E-state index is 15.5. The summed E-state index contributed by atoms with van der Waals surface area (Å²) in [6.45, 7) is 5.64. The molecule has 30 heavy (non-hydrogen) atoms. The summed E-state index contributed by atoms with van der Waals surface area (Å²) in [4.78, 5) is 24.4. The average Bonchev–Trinajstić information content (AvgIpc) is 3.52. The maximum absolute atomic E-state index is 15.5. The Balaban J connectivity index is 1.73. The Hall–Kier alpha value is -2.25. The number of benzene rings is 1. The van der Waals surface area contributed by atoms with Gasteiger partial charge in [-0.25, -0.2) is 9.18 Å². The molecular formula is C23H28FN3O3. The lowest BCUT2D eigenvalue weighted by Crippen LogP contribution is -2.62. The fourth-order valence-corrected chi connectivity index (χ4v) is 6.00. The monoisotopic (exact) mass is 413 g/mol. The summed E-state index contributed by atoms with van der Waals surface area (Å²) in [5.41, 5.74) is 7.49. The second kappa shape index (κ2) is 6.62. The standard InChI is InChI=1S/C23H28FN3O3/c1-11-19(16-5-6-23(16)10-26-8-18(25)12(23)2)17(24)7-14-20(11)27(13-3-4-13)9-15(21(14)28)22(29)30/h7,9,12-13,16,18,26H,3-6,8,10,25H2,1-2H3,(H,29,30)/t12-,16?,18?,23?/m1/s1. The van der Waals surface area contributed by atoms with E-state index in [1.54, 1.807) is 0 Å². The third-order valence-electron chi connectivity index (χ3n) is 8.05. The lowest BCUT2D eigenvalue weighted by Gasteiger charge is -2.58. The van der Waals surface area contributed by atoms with Crippen LogP contribution in [0.5, 0.6) is 0 Å². The Morgan fingerprint density at radius 3 is 2.70 bits per heavy atom. The number of aromatic nitrogens is 1. The van der Waals surface area contributed by atoms with Gasteiger partial charge in [0.25, 0.3) is 0 Å². The largest absolute Gasteiger partial charge is 0.477 e. The van der Waals surface area contributed by atoms with Gasteiger partial charge in [0.1, 0.15) is 11.4 Å². The van der Waals surface area contributed by atoms with Crippen LogP contribution in [0.4, 0.5) is 4.39 Å². The SMILES string of the molecule is Cc1c(C2CCC23CNCC(N)[C@H]3C)c(F)cc2c(=O)c(C(=O)O)cn(C3CC3)c12. The van der Waals surface area contributed by atoms with Gasteiger partial charge in [-0.2, -0.15) is 0 Å². The second-order valence-electron chi connectivity index (χ2n) is 9.52. The normalized spacial score (nSPS) is 31.1. The van der Waals surface area contributed by atoms with Gasteiger partial charge in [-0.15, -0.1) is 0 Å². The number of carboxylic acids is 1. The van der Waals surface area contributed by atoms with Crippen molar-refractivity contribution in [1.82, 2.24) is 9.88 Å². The van der Waals surface area contributed by atoms with Gasteiger partial charge in [0.15, 0.2) is 0 Å². The molecule has 1 aromatic carbocycles. The van der Waals surface area contributed by atoms with Gasteiger partial charge < -0.3 is 20.7 Å². The number of fused-ring (bicyclic) bond motifs is 1. The molecular weight excluding hydrogens is 385 g/mol. The molecule has 7 heteroatoms. The molecule has 3 fully saturated rings. The maximum Gasteiger partial charge on any atom is 0.341 e. The molecule has 4 atom stereocenters. The predicted octanol–water partition coefficient (Wildman–Crippen LogP) is 2.91. The van der Waals surface area contributed by atoms with E-state index in [1.165, 1.54) is 12.3 Å². The van der Waals surface area contributed by atoms with Gasteiger partial charge in [0.2, 0.25) is 5.43 Å². The number of aromatic carboxylic acids is 1. The van der Waals surface area contributed by atoms with Gasteiger partial charge in [-0.3, -0.25) is 4.79 Å². The van der Waals surface area contributed by atoms with Crippen LogP contribution in [0.3, 0.4) is 0 Å². The van der Waals surface area contributed by atoms with Crippen molar-refractivity contribution in [3.63, 3.8) is 0 Å². The second-order valence-corrected chi connectivity index (χ2v) is 9.52. The van der Waals surface area contributed by atoms with Crippen LogP contribution in [0.1, 0.15) is 66.1 Å². The molecule has 1 spiro atoms. The van der Waals surface area contributed by atoms with E-state index in [1.807, 2.05) is 11.5 Å². The Morgan fingerprint density at radius 2 is 2.10 bits per heavy atom. The Labute approximate surface area is 174 Å². The number of hydrogen-bond acceptors (Lipinski definition) is 4. The van der Waals surface area contributed by atoms with Crippen molar-refractivity contribution in [3.05, 3.63) is 45.0 Å². The third kappa shape index (κ3) is 2.61. The zero-order chi connectivity index (χ0) is 21.4. The van der Waals surface area contributed by atoms with Crippen molar-refractivity contribution in [1.29, 1.82) is 0 Å². The van der Waals surface area contributed by atoms with Gasteiger partial charge in [-0.1, -0.05) is 6.92 Å². The molecule has 160 valence electrons. The lowest BCUT2D eigenvalue weighted by atomic mass is 9.49. The van der Waals surface area contributed by atoms with E-state index in [-0.39, 0.29) is 40.3 Å². The summed E-state index contributed by atoms with van der Waals surface area (Å²) < 4.78 is 17.4. The quantitative estimate of drug-likeness (QED) is 0.719. The molecule has 1 aromatic heterocycles. The summed E-state index contributed by atoms with van der Waals surface area (Å²) in [5, 5.41) is 13.1. The van der Waals surface area contributed by atoms with Crippen LogP contribution < -0.4 is 16.5 Å². The highest BCUT2D eigenvalue weighted by Crippen LogP contribution is 2.59. The van der Waals surface area contributed by atoms with Gasteiger partial charge in [0, 0.05) is 36.8 Å². The topological polar surface area (TPSA) is 97.3 Å². The van der Waals surface area contributed by atoms with Crippen molar-refractivity contribution >= 4 is 16.9 Å². The van der Waals surface area contributed by atoms with Crippen molar-refractivity contribution in [2.45, 2.75) is 57.5 Å². The fourth-order valence-electron chi connectivity index (χ4n) is 6.00. The number of halogens is 1. The summed E-state index contributed by atoms with van der Waals surface area (Å²) in [5.74, 6) is -1.37. The first-order valence-electron chi connectivity index (χ1n) is 10.8. The zero-order valence-electron chi connectivity index (χ0n) is 17.4. The summed E-state index contributed by atoms with van der Waals surface area (Å²) in [6, 6.07) is 1.48. The Bertz CT molecular complexity index is 1120. The summed E-state index contributed by atoms with van der Waals surface area (Å²) >= 11 is 0. The fraction of sp³-hybridized carbons (Fsp3) is 0.565. The summed E-state index contributed by atoms with van der Waals surface area (Å²) in [7, 11) is 0. The van der Waals surface area contributed by atoms with E-state index in [0.717, 1.165) is 44.3 Å². The van der Waals surface area contributed by atoms with E-state index in [4.69, 9.17) is 5.73 Å². The number of piperidine rings is 1. The number of carboxylic acid groups (broad SMARTS) is 1. The molecule has 6 nitrogen and oxygen atoms in total. The van der Waals surface area contributed by atoms with Crippen molar-refractivity contribution < 1.29 is 14.3 Å². The van der Waals surface area contributed by atoms with E-state index in [2.05, 4.69) is 12.2 Å². The van der Waals surface area contributed by atoms with Gasteiger partial charge >= 0.3 is 5.97 Å². The number of nitrogens with zero attached hydrogens (tertiary/aromatic N) is 1. The van der Waals surface area contributed by atoms with Crippen LogP contribution in [-0.2, 0) is 0 Å². The molecule has 1 aliphatic heterocycles. The van der Waals surface area contributed by atoms with Crippen LogP contribution in [0.15, 0.2) is 17.1 Å². The number of nitrogens with one attached hydrogen (secondary N) is 1. The molecule has 0 bridgehead atoms. The van der Waals surface area contributed by atoms with E-state index in [9.17, 15) is 14.7 Å². The highest BCUT2D eigenvalue weighted by molar-refractivity contribution is 5.94. The smallest absolute Gasteiger partial charge is 0.341 e. The first-order valence-corrected chi connectivity index (χ1v) is 10.8. The molecule has 5 rings (SSSR count). The van der Waals surface area contributed by atoms with Crippen molar-refractivity contribution in [3.8, 4) is 0 Å². The Kier molecular flexibility index (Phi) is 4.35. The number of aryl methyl sites for hydroxylation is 1. The van der Waals surface area contributed by atoms with E-state index in [0.29, 0.717) is 11.1 Å². The molecule has 2 aliphatic carbocycles. The number of hydrogen-bond donors (Lipinski definition) is 3. The lowest BCUT2D eigenvalue weighted by molar-refractivity contribution is -0.0109.